The number of amidine groups is 1. The number of nitrogens with one attached hydrogen (secondary N) is 1. The number of nitrogens with zero attached hydrogens (tertiary/aromatic N) is 1. The van der Waals surface area contributed by atoms with E-state index >= 15 is 0 Å². The summed E-state index contributed by atoms with van der Waals surface area (Å²) in [5, 5.41) is 7.31. The molecule has 106 valence electrons. The largest absolute Gasteiger partial charge is 0.384 e. The lowest BCUT2D eigenvalue weighted by molar-refractivity contribution is 0.594. The zero-order chi connectivity index (χ0) is 14.5. The molecular weight excluding hydrogens is 262 g/mol. The summed E-state index contributed by atoms with van der Waals surface area (Å²) in [6.45, 7) is 2.32. The number of nitrogens with two attached hydrogens (primary N) is 1. The monoisotopic (exact) mass is 283 g/mol. The molecule has 1 rings (SSSR count). The van der Waals surface area contributed by atoms with Crippen LogP contribution < -0.4 is 10.6 Å². The van der Waals surface area contributed by atoms with Gasteiger partial charge in [0, 0.05) is 30.6 Å². The van der Waals surface area contributed by atoms with Crippen molar-refractivity contribution in [2.24, 2.45) is 5.73 Å². The Morgan fingerprint density at radius 3 is 2.32 bits per heavy atom. The third-order valence-electron chi connectivity index (χ3n) is 2.87. The first-order valence-corrected chi connectivity index (χ1v) is 8.04. The first-order valence-electron chi connectivity index (χ1n) is 6.21. The summed E-state index contributed by atoms with van der Waals surface area (Å²) >= 11 is 0. The predicted molar refractivity (Wildman–Crippen MR) is 79.7 cm³/mol. The van der Waals surface area contributed by atoms with Crippen molar-refractivity contribution in [1.29, 1.82) is 5.41 Å². The van der Waals surface area contributed by atoms with Gasteiger partial charge >= 0.3 is 0 Å². The Morgan fingerprint density at radius 2 is 1.84 bits per heavy atom. The van der Waals surface area contributed by atoms with E-state index in [0.29, 0.717) is 18.5 Å². The number of nitrogen functional groups attached to an aromatic ring is 1. The SMILES string of the molecule is CCCS(=O)(=O)CCN(C)c1ccc(C(=N)N)cc1. The van der Waals surface area contributed by atoms with Crippen LogP contribution in [0.3, 0.4) is 0 Å². The van der Waals surface area contributed by atoms with Crippen LogP contribution in [0.4, 0.5) is 5.69 Å². The lowest BCUT2D eigenvalue weighted by atomic mass is 10.2. The fourth-order valence-electron chi connectivity index (χ4n) is 1.71. The average molecular weight is 283 g/mol. The van der Waals surface area contributed by atoms with Crippen molar-refractivity contribution in [3.8, 4) is 0 Å². The molecule has 0 fully saturated rings. The molecule has 0 radical (unpaired) electrons. The second-order valence-corrected chi connectivity index (χ2v) is 6.84. The van der Waals surface area contributed by atoms with Gasteiger partial charge in [0.25, 0.3) is 0 Å². The first-order chi connectivity index (χ1) is 8.85. The van der Waals surface area contributed by atoms with Gasteiger partial charge in [0.05, 0.1) is 5.75 Å². The summed E-state index contributed by atoms with van der Waals surface area (Å²) < 4.78 is 23.3. The predicted octanol–water partition coefficient (Wildman–Crippen LogP) is 1.23. The summed E-state index contributed by atoms with van der Waals surface area (Å²) in [6, 6.07) is 7.19. The van der Waals surface area contributed by atoms with E-state index in [9.17, 15) is 8.42 Å². The zero-order valence-electron chi connectivity index (χ0n) is 11.4. The number of rotatable bonds is 7. The van der Waals surface area contributed by atoms with Crippen molar-refractivity contribution in [3.63, 3.8) is 0 Å². The van der Waals surface area contributed by atoms with Crippen molar-refractivity contribution in [1.82, 2.24) is 0 Å². The molecule has 0 saturated heterocycles. The minimum Gasteiger partial charge on any atom is -0.384 e. The number of anilines is 1. The van der Waals surface area contributed by atoms with Gasteiger partial charge in [-0.1, -0.05) is 6.92 Å². The second kappa shape index (κ2) is 6.56. The van der Waals surface area contributed by atoms with E-state index in [4.69, 9.17) is 11.1 Å². The van der Waals surface area contributed by atoms with Crippen molar-refractivity contribution in [3.05, 3.63) is 29.8 Å². The molecule has 0 atom stereocenters. The summed E-state index contributed by atoms with van der Waals surface area (Å²) in [5.41, 5.74) is 6.96. The van der Waals surface area contributed by atoms with E-state index in [1.807, 2.05) is 31.0 Å². The highest BCUT2D eigenvalue weighted by atomic mass is 32.2. The van der Waals surface area contributed by atoms with Gasteiger partial charge in [-0.2, -0.15) is 0 Å². The van der Waals surface area contributed by atoms with E-state index in [0.717, 1.165) is 5.69 Å². The van der Waals surface area contributed by atoms with E-state index in [1.54, 1.807) is 12.1 Å². The Labute approximate surface area is 114 Å². The quantitative estimate of drug-likeness (QED) is 0.582. The van der Waals surface area contributed by atoms with Gasteiger partial charge in [0.2, 0.25) is 0 Å². The molecular formula is C13H21N3O2S. The van der Waals surface area contributed by atoms with E-state index < -0.39 is 9.84 Å². The standard InChI is InChI=1S/C13H21N3O2S/c1-3-9-19(17,18)10-8-16(2)12-6-4-11(5-7-12)13(14)15/h4-7H,3,8-10H2,1-2H3,(H3,14,15). The van der Waals surface area contributed by atoms with Gasteiger partial charge in [-0.25, -0.2) is 8.42 Å². The maximum atomic E-state index is 11.6. The Bertz CT molecular complexity index is 523. The highest BCUT2D eigenvalue weighted by molar-refractivity contribution is 7.91. The maximum absolute atomic E-state index is 11.6. The van der Waals surface area contributed by atoms with E-state index in [2.05, 4.69) is 0 Å². The van der Waals surface area contributed by atoms with Gasteiger partial charge in [-0.05, 0) is 30.7 Å². The molecule has 0 bridgehead atoms. The minimum atomic E-state index is -2.95. The number of hydrogen-bond donors (Lipinski definition) is 2. The number of sulfone groups is 1. The summed E-state index contributed by atoms with van der Waals surface area (Å²) in [6.07, 6.45) is 0.652. The van der Waals surface area contributed by atoms with Crippen molar-refractivity contribution < 1.29 is 8.42 Å². The topological polar surface area (TPSA) is 87.2 Å². The van der Waals surface area contributed by atoms with Crippen LogP contribution in [-0.4, -0.2) is 39.4 Å². The van der Waals surface area contributed by atoms with Crippen molar-refractivity contribution >= 4 is 21.4 Å². The zero-order valence-corrected chi connectivity index (χ0v) is 12.2. The molecule has 0 aliphatic carbocycles. The number of hydrogen-bond acceptors (Lipinski definition) is 4. The summed E-state index contributed by atoms with van der Waals surface area (Å²) in [7, 11) is -1.10. The van der Waals surface area contributed by atoms with E-state index in [-0.39, 0.29) is 17.3 Å². The molecule has 0 saturated carbocycles. The van der Waals surface area contributed by atoms with Gasteiger partial charge in [0.15, 0.2) is 9.84 Å². The molecule has 0 aliphatic heterocycles. The molecule has 3 N–H and O–H groups in total. The molecule has 5 nitrogen and oxygen atoms in total. The molecule has 6 heteroatoms. The van der Waals surface area contributed by atoms with Gasteiger partial charge < -0.3 is 10.6 Å². The number of benzene rings is 1. The van der Waals surface area contributed by atoms with Crippen molar-refractivity contribution in [2.45, 2.75) is 13.3 Å². The Kier molecular flexibility index (Phi) is 5.35. The molecule has 1 aromatic rings. The molecule has 19 heavy (non-hydrogen) atoms. The molecule has 0 aromatic heterocycles. The van der Waals surface area contributed by atoms with Crippen LogP contribution in [0.2, 0.25) is 0 Å². The highest BCUT2D eigenvalue weighted by Gasteiger charge is 2.11. The normalized spacial score (nSPS) is 11.3. The second-order valence-electron chi connectivity index (χ2n) is 4.53. The summed E-state index contributed by atoms with van der Waals surface area (Å²) in [5.74, 6) is 0.426. The molecule has 0 spiro atoms. The maximum Gasteiger partial charge on any atom is 0.152 e. The van der Waals surface area contributed by atoms with Crippen molar-refractivity contribution in [2.75, 3.05) is 30.0 Å². The molecule has 0 heterocycles. The Morgan fingerprint density at radius 1 is 1.26 bits per heavy atom. The smallest absolute Gasteiger partial charge is 0.152 e. The molecule has 1 aromatic carbocycles. The van der Waals surface area contributed by atoms with Crippen LogP contribution in [0.15, 0.2) is 24.3 Å². The van der Waals surface area contributed by atoms with Crippen LogP contribution in [0, 0.1) is 5.41 Å². The van der Waals surface area contributed by atoms with Crippen LogP contribution >= 0.6 is 0 Å². The fourth-order valence-corrected chi connectivity index (χ4v) is 3.09. The third-order valence-corrected chi connectivity index (χ3v) is 4.71. The van der Waals surface area contributed by atoms with E-state index in [1.165, 1.54) is 0 Å². The first kappa shape index (κ1) is 15.5. The fraction of sp³-hybridized carbons (Fsp3) is 0.462. The molecule has 0 aliphatic rings. The minimum absolute atomic E-state index is 0.0275. The Hall–Kier alpha value is -1.56. The average Bonchev–Trinajstić information content (AvgIpc) is 2.36. The molecule has 0 amide bonds. The van der Waals surface area contributed by atoms with Crippen LogP contribution in [0.5, 0.6) is 0 Å². The lowest BCUT2D eigenvalue weighted by Crippen LogP contribution is -2.26. The van der Waals surface area contributed by atoms with Crippen LogP contribution in [0.25, 0.3) is 0 Å². The van der Waals surface area contributed by atoms with Crippen LogP contribution in [-0.2, 0) is 9.84 Å². The summed E-state index contributed by atoms with van der Waals surface area (Å²) in [4.78, 5) is 1.89. The van der Waals surface area contributed by atoms with Gasteiger partial charge in [-0.15, -0.1) is 0 Å². The molecule has 0 unspecified atom stereocenters. The van der Waals surface area contributed by atoms with Crippen LogP contribution in [0.1, 0.15) is 18.9 Å². The third kappa shape index (κ3) is 4.90. The Balaban J connectivity index is 2.63. The highest BCUT2D eigenvalue weighted by Crippen LogP contribution is 2.13. The van der Waals surface area contributed by atoms with Gasteiger partial charge in [0.1, 0.15) is 5.84 Å². The van der Waals surface area contributed by atoms with Gasteiger partial charge in [-0.3, -0.25) is 5.41 Å². The lowest BCUT2D eigenvalue weighted by Gasteiger charge is -2.19.